The third-order valence-electron chi connectivity index (χ3n) is 4.17. The van der Waals surface area contributed by atoms with Crippen molar-refractivity contribution in [1.82, 2.24) is 30.0 Å². The lowest BCUT2D eigenvalue weighted by Crippen LogP contribution is -2.45. The molecule has 3 heterocycles. The molecular weight excluding hydrogens is 280 g/mol. The molecule has 1 saturated heterocycles. The van der Waals surface area contributed by atoms with E-state index in [0.717, 1.165) is 44.5 Å². The van der Waals surface area contributed by atoms with Gasteiger partial charge >= 0.3 is 6.03 Å². The molecule has 0 atom stereocenters. The Kier molecular flexibility index (Phi) is 4.72. The topological polar surface area (TPSA) is 78.8 Å². The number of amides is 2. The molecule has 0 aliphatic carbocycles. The number of hydrogen-bond acceptors (Lipinski definition) is 3. The smallest absolute Gasteiger partial charge is 0.317 e. The van der Waals surface area contributed by atoms with Gasteiger partial charge in [0.05, 0.1) is 12.5 Å². The minimum Gasteiger partial charge on any atom is -0.338 e. The number of nitrogens with zero attached hydrogens (tertiary/aromatic N) is 4. The number of hydrogen-bond donors (Lipinski definition) is 2. The Morgan fingerprint density at radius 2 is 2.27 bits per heavy atom. The molecule has 1 fully saturated rings. The average Bonchev–Trinajstić information content (AvgIpc) is 3.21. The second kappa shape index (κ2) is 7.11. The van der Waals surface area contributed by atoms with Gasteiger partial charge in [0, 0.05) is 44.8 Å². The van der Waals surface area contributed by atoms with Crippen LogP contribution >= 0.6 is 0 Å². The highest BCUT2D eigenvalue weighted by Gasteiger charge is 2.22. The van der Waals surface area contributed by atoms with Gasteiger partial charge < -0.3 is 14.8 Å². The summed E-state index contributed by atoms with van der Waals surface area (Å²) in [6.07, 6.45) is 12.2. The molecular formula is C15H22N6O. The van der Waals surface area contributed by atoms with Crippen molar-refractivity contribution >= 4 is 6.03 Å². The third kappa shape index (κ3) is 3.87. The van der Waals surface area contributed by atoms with Gasteiger partial charge in [0.1, 0.15) is 0 Å². The zero-order chi connectivity index (χ0) is 15.2. The van der Waals surface area contributed by atoms with E-state index in [2.05, 4.69) is 25.1 Å². The van der Waals surface area contributed by atoms with Crippen LogP contribution in [-0.4, -0.2) is 50.3 Å². The first-order valence-corrected chi connectivity index (χ1v) is 7.77. The highest BCUT2D eigenvalue weighted by atomic mass is 16.2. The Labute approximate surface area is 129 Å². The maximum absolute atomic E-state index is 12.1. The van der Waals surface area contributed by atoms with Crippen LogP contribution in [0.3, 0.4) is 0 Å². The second-order valence-corrected chi connectivity index (χ2v) is 5.78. The monoisotopic (exact) mass is 302 g/mol. The molecule has 3 rings (SSSR count). The van der Waals surface area contributed by atoms with E-state index in [1.165, 1.54) is 0 Å². The van der Waals surface area contributed by atoms with Crippen LogP contribution in [-0.2, 0) is 13.0 Å². The van der Waals surface area contributed by atoms with E-state index in [0.29, 0.717) is 12.5 Å². The lowest BCUT2D eigenvalue weighted by Gasteiger charge is -2.32. The molecule has 2 aromatic heterocycles. The summed E-state index contributed by atoms with van der Waals surface area (Å²) in [5.74, 6) is 0.629. The molecule has 0 aromatic carbocycles. The van der Waals surface area contributed by atoms with Gasteiger partial charge in [0.2, 0.25) is 0 Å². The number of urea groups is 1. The molecule has 2 N–H and O–H groups in total. The van der Waals surface area contributed by atoms with Crippen LogP contribution in [0.5, 0.6) is 0 Å². The standard InChI is InChI=1S/C15H22N6O/c22-15(17-4-1-14-9-18-19-10-14)21-6-2-13(3-7-21)11-20-8-5-16-12-20/h5,8-10,12-13H,1-4,6-7,11H2,(H,17,22)(H,18,19). The van der Waals surface area contributed by atoms with Crippen molar-refractivity contribution in [3.05, 3.63) is 36.7 Å². The minimum absolute atomic E-state index is 0.0459. The average molecular weight is 302 g/mol. The maximum Gasteiger partial charge on any atom is 0.317 e. The van der Waals surface area contributed by atoms with E-state index in [9.17, 15) is 4.79 Å². The number of piperidine rings is 1. The van der Waals surface area contributed by atoms with Crippen molar-refractivity contribution in [1.29, 1.82) is 0 Å². The summed E-state index contributed by atoms with van der Waals surface area (Å²) >= 11 is 0. The van der Waals surface area contributed by atoms with Crippen molar-refractivity contribution < 1.29 is 4.79 Å². The van der Waals surface area contributed by atoms with Crippen molar-refractivity contribution in [2.24, 2.45) is 5.92 Å². The number of imidazole rings is 1. The Bertz CT molecular complexity index is 557. The van der Waals surface area contributed by atoms with Crippen LogP contribution in [0.4, 0.5) is 4.79 Å². The Hall–Kier alpha value is -2.31. The molecule has 0 saturated carbocycles. The van der Waals surface area contributed by atoms with E-state index < -0.39 is 0 Å². The highest BCUT2D eigenvalue weighted by molar-refractivity contribution is 5.74. The Morgan fingerprint density at radius 1 is 1.41 bits per heavy atom. The largest absolute Gasteiger partial charge is 0.338 e. The molecule has 7 heteroatoms. The van der Waals surface area contributed by atoms with Crippen molar-refractivity contribution in [2.75, 3.05) is 19.6 Å². The van der Waals surface area contributed by atoms with Crippen LogP contribution in [0.2, 0.25) is 0 Å². The number of likely N-dealkylation sites (tertiary alicyclic amines) is 1. The van der Waals surface area contributed by atoms with E-state index in [1.54, 1.807) is 6.20 Å². The molecule has 1 aliphatic heterocycles. The Balaban J connectivity index is 1.36. The lowest BCUT2D eigenvalue weighted by atomic mass is 9.97. The molecule has 2 amide bonds. The first-order chi connectivity index (χ1) is 10.8. The molecule has 118 valence electrons. The number of carbonyl (C=O) groups is 1. The van der Waals surface area contributed by atoms with Crippen molar-refractivity contribution in [3.8, 4) is 0 Å². The van der Waals surface area contributed by atoms with Gasteiger partial charge in [-0.25, -0.2) is 9.78 Å². The number of aromatic nitrogens is 4. The normalized spacial score (nSPS) is 15.9. The van der Waals surface area contributed by atoms with Crippen LogP contribution < -0.4 is 5.32 Å². The summed E-state index contributed by atoms with van der Waals surface area (Å²) < 4.78 is 2.12. The van der Waals surface area contributed by atoms with Gasteiger partial charge in [0.25, 0.3) is 0 Å². The molecule has 7 nitrogen and oxygen atoms in total. The summed E-state index contributed by atoms with van der Waals surface area (Å²) in [4.78, 5) is 18.1. The number of rotatable bonds is 5. The van der Waals surface area contributed by atoms with Crippen LogP contribution in [0.25, 0.3) is 0 Å². The van der Waals surface area contributed by atoms with Gasteiger partial charge in [-0.15, -0.1) is 0 Å². The van der Waals surface area contributed by atoms with E-state index >= 15 is 0 Å². The SMILES string of the molecule is O=C(NCCc1cn[nH]c1)N1CCC(Cn2ccnc2)CC1. The van der Waals surface area contributed by atoms with Gasteiger partial charge in [-0.05, 0) is 30.7 Å². The summed E-state index contributed by atoms with van der Waals surface area (Å²) in [7, 11) is 0. The number of carbonyl (C=O) groups excluding carboxylic acids is 1. The fraction of sp³-hybridized carbons (Fsp3) is 0.533. The summed E-state index contributed by atoms with van der Waals surface area (Å²) in [6, 6.07) is 0.0459. The zero-order valence-corrected chi connectivity index (χ0v) is 12.6. The number of aromatic amines is 1. The third-order valence-corrected chi connectivity index (χ3v) is 4.17. The number of H-pyrrole nitrogens is 1. The van der Waals surface area contributed by atoms with E-state index in [4.69, 9.17) is 0 Å². The quantitative estimate of drug-likeness (QED) is 0.873. The van der Waals surface area contributed by atoms with Gasteiger partial charge in [-0.2, -0.15) is 5.10 Å². The fourth-order valence-electron chi connectivity index (χ4n) is 2.85. The van der Waals surface area contributed by atoms with Crippen LogP contribution in [0, 0.1) is 5.92 Å². The van der Waals surface area contributed by atoms with Crippen molar-refractivity contribution in [3.63, 3.8) is 0 Å². The van der Waals surface area contributed by atoms with Crippen molar-refractivity contribution in [2.45, 2.75) is 25.8 Å². The number of nitrogens with one attached hydrogen (secondary N) is 2. The minimum atomic E-state index is 0.0459. The predicted octanol–water partition coefficient (Wildman–Crippen LogP) is 1.27. The molecule has 22 heavy (non-hydrogen) atoms. The summed E-state index contributed by atoms with van der Waals surface area (Å²) in [5, 5.41) is 9.65. The predicted molar refractivity (Wildman–Crippen MR) is 82.2 cm³/mol. The first-order valence-electron chi connectivity index (χ1n) is 7.77. The van der Waals surface area contributed by atoms with Gasteiger partial charge in [-0.1, -0.05) is 0 Å². The molecule has 0 unspecified atom stereocenters. The fourth-order valence-corrected chi connectivity index (χ4v) is 2.85. The van der Waals surface area contributed by atoms with Gasteiger partial charge in [0.15, 0.2) is 0 Å². The lowest BCUT2D eigenvalue weighted by molar-refractivity contribution is 0.165. The van der Waals surface area contributed by atoms with E-state index in [1.807, 2.05) is 29.8 Å². The Morgan fingerprint density at radius 3 is 2.95 bits per heavy atom. The molecule has 0 radical (unpaired) electrons. The highest BCUT2D eigenvalue weighted by Crippen LogP contribution is 2.19. The molecule has 1 aliphatic rings. The molecule has 2 aromatic rings. The van der Waals surface area contributed by atoms with Crippen LogP contribution in [0.15, 0.2) is 31.1 Å². The molecule has 0 bridgehead atoms. The van der Waals surface area contributed by atoms with Crippen LogP contribution in [0.1, 0.15) is 18.4 Å². The summed E-state index contributed by atoms with van der Waals surface area (Å²) in [5.41, 5.74) is 1.11. The maximum atomic E-state index is 12.1. The second-order valence-electron chi connectivity index (χ2n) is 5.78. The summed E-state index contributed by atoms with van der Waals surface area (Å²) in [6.45, 7) is 3.30. The van der Waals surface area contributed by atoms with E-state index in [-0.39, 0.29) is 6.03 Å². The molecule has 0 spiro atoms. The first kappa shape index (κ1) is 14.6. The van der Waals surface area contributed by atoms with Gasteiger partial charge in [-0.3, -0.25) is 5.10 Å². The zero-order valence-electron chi connectivity index (χ0n) is 12.6.